The molecule has 0 atom stereocenters. The first-order valence-corrected chi connectivity index (χ1v) is 7.76. The van der Waals surface area contributed by atoms with Crippen molar-refractivity contribution in [2.24, 2.45) is 0 Å². The second-order valence-electron chi connectivity index (χ2n) is 3.79. The van der Waals surface area contributed by atoms with E-state index >= 15 is 0 Å². The van der Waals surface area contributed by atoms with E-state index in [0.29, 0.717) is 5.75 Å². The fourth-order valence-electron chi connectivity index (χ4n) is 1.58. The van der Waals surface area contributed by atoms with Crippen molar-refractivity contribution in [3.05, 3.63) is 64.4 Å². The van der Waals surface area contributed by atoms with E-state index in [1.807, 2.05) is 47.8 Å². The lowest BCUT2D eigenvalue weighted by Crippen LogP contribution is -1.94. The lowest BCUT2D eigenvalue weighted by molar-refractivity contribution is 0.105. The first-order chi connectivity index (χ1) is 9.31. The Morgan fingerprint density at radius 1 is 1.21 bits per heavy atom. The number of hydrogen-bond acceptors (Lipinski definition) is 4. The third kappa shape index (κ3) is 4.06. The van der Waals surface area contributed by atoms with Crippen molar-refractivity contribution in [1.29, 1.82) is 0 Å². The molecule has 0 radical (unpaired) electrons. The van der Waals surface area contributed by atoms with Gasteiger partial charge in [-0.1, -0.05) is 36.4 Å². The summed E-state index contributed by atoms with van der Waals surface area (Å²) < 4.78 is 0. The van der Waals surface area contributed by atoms with Crippen LogP contribution in [0.25, 0.3) is 4.91 Å². The second kappa shape index (κ2) is 7.28. The van der Waals surface area contributed by atoms with Gasteiger partial charge >= 0.3 is 0 Å². The monoisotopic (exact) mass is 290 g/mol. The predicted octanol–water partition coefficient (Wildman–Crippen LogP) is 3.70. The molecular weight excluding hydrogens is 276 g/mol. The molecule has 2 rings (SSSR count). The van der Waals surface area contributed by atoms with Crippen molar-refractivity contribution < 1.29 is 9.90 Å². The first kappa shape index (κ1) is 14.1. The molecule has 1 aromatic heterocycles. The van der Waals surface area contributed by atoms with E-state index in [-0.39, 0.29) is 12.4 Å². The minimum absolute atomic E-state index is 0.0132. The molecule has 0 saturated heterocycles. The van der Waals surface area contributed by atoms with Crippen LogP contribution in [-0.2, 0) is 0 Å². The largest absolute Gasteiger partial charge is 0.396 e. The van der Waals surface area contributed by atoms with Gasteiger partial charge in [0.2, 0.25) is 0 Å². The summed E-state index contributed by atoms with van der Waals surface area (Å²) in [6.45, 7) is 0.0992. The normalized spacial score (nSPS) is 11.5. The van der Waals surface area contributed by atoms with Gasteiger partial charge in [-0.25, -0.2) is 0 Å². The van der Waals surface area contributed by atoms with Crippen LogP contribution in [0.4, 0.5) is 0 Å². The minimum Gasteiger partial charge on any atom is -0.396 e. The quantitative estimate of drug-likeness (QED) is 0.651. The van der Waals surface area contributed by atoms with Crippen LogP contribution in [0.2, 0.25) is 0 Å². The number of benzene rings is 1. The highest BCUT2D eigenvalue weighted by molar-refractivity contribution is 8.08. The van der Waals surface area contributed by atoms with E-state index in [2.05, 4.69) is 0 Å². The number of carbonyl (C=O) groups is 1. The highest BCUT2D eigenvalue weighted by Gasteiger charge is 2.08. The molecule has 0 saturated carbocycles. The third-order valence-corrected chi connectivity index (χ3v) is 4.37. The van der Waals surface area contributed by atoms with Crippen LogP contribution >= 0.6 is 23.1 Å². The molecule has 0 aliphatic rings. The maximum absolute atomic E-state index is 12.1. The summed E-state index contributed by atoms with van der Waals surface area (Å²) in [6, 6.07) is 13.5. The van der Waals surface area contributed by atoms with Crippen LogP contribution in [0.15, 0.2) is 53.9 Å². The van der Waals surface area contributed by atoms with Crippen LogP contribution in [-0.4, -0.2) is 23.2 Å². The van der Waals surface area contributed by atoms with Crippen molar-refractivity contribution >= 4 is 33.8 Å². The van der Waals surface area contributed by atoms with Gasteiger partial charge in [0.15, 0.2) is 5.78 Å². The van der Waals surface area contributed by atoms with E-state index in [4.69, 9.17) is 5.11 Å². The van der Waals surface area contributed by atoms with Crippen LogP contribution in [0.5, 0.6) is 0 Å². The SMILES string of the molecule is O=C(C=C(SCCO)c1ccccc1)c1cccs1. The van der Waals surface area contributed by atoms with E-state index < -0.39 is 0 Å². The Labute approximate surface area is 120 Å². The van der Waals surface area contributed by atoms with Crippen LogP contribution in [0.3, 0.4) is 0 Å². The number of allylic oxidation sites excluding steroid dienone is 1. The van der Waals surface area contributed by atoms with Crippen LogP contribution in [0.1, 0.15) is 15.2 Å². The Morgan fingerprint density at radius 2 is 2.00 bits per heavy atom. The van der Waals surface area contributed by atoms with Gasteiger partial charge in [-0.05, 0) is 17.0 Å². The first-order valence-electron chi connectivity index (χ1n) is 5.90. The van der Waals surface area contributed by atoms with Crippen molar-refractivity contribution in [2.45, 2.75) is 0 Å². The number of aliphatic hydroxyl groups is 1. The number of thiophene rings is 1. The van der Waals surface area contributed by atoms with Crippen molar-refractivity contribution in [1.82, 2.24) is 0 Å². The van der Waals surface area contributed by atoms with Crippen molar-refractivity contribution in [2.75, 3.05) is 12.4 Å². The van der Waals surface area contributed by atoms with Crippen molar-refractivity contribution in [3.8, 4) is 0 Å². The minimum atomic E-state index is 0.0132. The number of hydrogen-bond donors (Lipinski definition) is 1. The maximum atomic E-state index is 12.1. The molecule has 0 aliphatic carbocycles. The smallest absolute Gasteiger partial charge is 0.196 e. The van der Waals surface area contributed by atoms with Gasteiger partial charge < -0.3 is 5.11 Å². The summed E-state index contributed by atoms with van der Waals surface area (Å²) in [5.74, 6) is 0.595. The molecule has 0 fully saturated rings. The van der Waals surface area contributed by atoms with E-state index in [1.54, 1.807) is 6.08 Å². The topological polar surface area (TPSA) is 37.3 Å². The summed E-state index contributed by atoms with van der Waals surface area (Å²) in [4.78, 5) is 13.7. The van der Waals surface area contributed by atoms with Gasteiger partial charge in [0.1, 0.15) is 0 Å². The molecule has 2 nitrogen and oxygen atoms in total. The van der Waals surface area contributed by atoms with E-state index in [0.717, 1.165) is 15.3 Å². The van der Waals surface area contributed by atoms with E-state index in [9.17, 15) is 4.79 Å². The predicted molar refractivity (Wildman–Crippen MR) is 82.6 cm³/mol. The van der Waals surface area contributed by atoms with Gasteiger partial charge in [0, 0.05) is 16.7 Å². The Bertz CT molecular complexity index is 545. The van der Waals surface area contributed by atoms with Crippen LogP contribution < -0.4 is 0 Å². The van der Waals surface area contributed by atoms with Crippen LogP contribution in [0, 0.1) is 0 Å². The lowest BCUT2D eigenvalue weighted by Gasteiger charge is -2.06. The molecular formula is C15H14O2S2. The summed E-state index contributed by atoms with van der Waals surface area (Å²) in [7, 11) is 0. The molecule has 0 amide bonds. The maximum Gasteiger partial charge on any atom is 0.196 e. The molecule has 0 aliphatic heterocycles. The van der Waals surface area contributed by atoms with Gasteiger partial charge in [-0.2, -0.15) is 0 Å². The molecule has 0 unspecified atom stereocenters. The third-order valence-electron chi connectivity index (χ3n) is 2.43. The van der Waals surface area contributed by atoms with Crippen molar-refractivity contribution in [3.63, 3.8) is 0 Å². The summed E-state index contributed by atoms with van der Waals surface area (Å²) in [5.41, 5.74) is 1.01. The molecule has 4 heteroatoms. The Hall–Kier alpha value is -1.36. The lowest BCUT2D eigenvalue weighted by atomic mass is 10.2. The zero-order chi connectivity index (χ0) is 13.5. The Kier molecular flexibility index (Phi) is 5.39. The molecule has 0 spiro atoms. The zero-order valence-corrected chi connectivity index (χ0v) is 11.9. The number of ketones is 1. The number of thioether (sulfide) groups is 1. The van der Waals surface area contributed by atoms with Gasteiger partial charge in [-0.3, -0.25) is 4.79 Å². The fourth-order valence-corrected chi connectivity index (χ4v) is 3.02. The average molecular weight is 290 g/mol. The van der Waals surface area contributed by atoms with Gasteiger partial charge in [-0.15, -0.1) is 23.1 Å². The average Bonchev–Trinajstić information content (AvgIpc) is 2.98. The highest BCUT2D eigenvalue weighted by Crippen LogP contribution is 2.28. The number of aliphatic hydroxyl groups excluding tert-OH is 1. The standard InChI is InChI=1S/C15H14O2S2/c16-8-10-19-15(12-5-2-1-3-6-12)11-13(17)14-7-4-9-18-14/h1-7,9,11,16H,8,10H2. The molecule has 98 valence electrons. The summed E-state index contributed by atoms with van der Waals surface area (Å²) in [6.07, 6.45) is 1.65. The Balaban J connectivity index is 2.25. The molecule has 1 aromatic carbocycles. The Morgan fingerprint density at radius 3 is 2.63 bits per heavy atom. The number of rotatable bonds is 6. The molecule has 2 aromatic rings. The zero-order valence-electron chi connectivity index (χ0n) is 10.3. The molecule has 0 bridgehead atoms. The second-order valence-corrected chi connectivity index (χ2v) is 5.87. The van der Waals surface area contributed by atoms with E-state index in [1.165, 1.54) is 23.1 Å². The molecule has 19 heavy (non-hydrogen) atoms. The summed E-state index contributed by atoms with van der Waals surface area (Å²) >= 11 is 2.93. The van der Waals surface area contributed by atoms with Gasteiger partial charge in [0.25, 0.3) is 0 Å². The highest BCUT2D eigenvalue weighted by atomic mass is 32.2. The number of carbonyl (C=O) groups excluding carboxylic acids is 1. The summed E-state index contributed by atoms with van der Waals surface area (Å²) in [5, 5.41) is 10.8. The van der Waals surface area contributed by atoms with Gasteiger partial charge in [0.05, 0.1) is 11.5 Å². The molecule has 1 heterocycles. The fraction of sp³-hybridized carbons (Fsp3) is 0.133. The molecule has 1 N–H and O–H groups in total.